The molecule has 4 heteroatoms. The highest BCUT2D eigenvalue weighted by atomic mass is 15.0. The molecule has 2 N–H and O–H groups in total. The standard InChI is InChI=1S/C15H20N4/c1-11(2)13-6-4-12(5-7-13)9-17-15-8-14(16-3)18-10-19-15/h4-8,10-11H,9H2,1-3H3,(H2,16,17,18,19). The molecule has 1 aromatic carbocycles. The van der Waals surface area contributed by atoms with Gasteiger partial charge in [-0.1, -0.05) is 38.1 Å². The number of hydrogen-bond acceptors (Lipinski definition) is 4. The number of nitrogens with zero attached hydrogens (tertiary/aromatic N) is 2. The molecule has 0 bridgehead atoms. The first-order valence-electron chi connectivity index (χ1n) is 6.51. The van der Waals surface area contributed by atoms with Gasteiger partial charge in [-0.3, -0.25) is 0 Å². The smallest absolute Gasteiger partial charge is 0.131 e. The van der Waals surface area contributed by atoms with E-state index in [0.29, 0.717) is 5.92 Å². The summed E-state index contributed by atoms with van der Waals surface area (Å²) in [5.41, 5.74) is 2.61. The second-order valence-corrected chi connectivity index (χ2v) is 4.79. The van der Waals surface area contributed by atoms with Crippen LogP contribution in [0.3, 0.4) is 0 Å². The number of benzene rings is 1. The van der Waals surface area contributed by atoms with E-state index in [4.69, 9.17) is 0 Å². The number of aromatic nitrogens is 2. The fraction of sp³-hybridized carbons (Fsp3) is 0.333. The zero-order chi connectivity index (χ0) is 13.7. The van der Waals surface area contributed by atoms with E-state index in [0.717, 1.165) is 18.2 Å². The van der Waals surface area contributed by atoms with Crippen molar-refractivity contribution in [1.82, 2.24) is 9.97 Å². The Kier molecular flexibility index (Phi) is 4.34. The highest BCUT2D eigenvalue weighted by molar-refractivity contribution is 5.46. The maximum absolute atomic E-state index is 4.19. The highest BCUT2D eigenvalue weighted by Gasteiger charge is 2.00. The van der Waals surface area contributed by atoms with Gasteiger partial charge in [-0.2, -0.15) is 0 Å². The molecule has 2 rings (SSSR count). The summed E-state index contributed by atoms with van der Waals surface area (Å²) in [7, 11) is 1.84. The molecule has 0 amide bonds. The SMILES string of the molecule is CNc1cc(NCc2ccc(C(C)C)cc2)ncn1. The van der Waals surface area contributed by atoms with Gasteiger partial charge in [0.15, 0.2) is 0 Å². The largest absolute Gasteiger partial charge is 0.373 e. The van der Waals surface area contributed by atoms with Gasteiger partial charge < -0.3 is 10.6 Å². The Labute approximate surface area is 114 Å². The van der Waals surface area contributed by atoms with Gasteiger partial charge in [0.05, 0.1) is 0 Å². The first-order chi connectivity index (χ1) is 9.19. The van der Waals surface area contributed by atoms with Crippen molar-refractivity contribution >= 4 is 11.6 Å². The van der Waals surface area contributed by atoms with Crippen molar-refractivity contribution in [3.05, 3.63) is 47.8 Å². The minimum absolute atomic E-state index is 0.571. The van der Waals surface area contributed by atoms with Crippen LogP contribution in [0.1, 0.15) is 30.9 Å². The third-order valence-corrected chi connectivity index (χ3v) is 3.04. The molecule has 0 fully saturated rings. The van der Waals surface area contributed by atoms with E-state index in [1.54, 1.807) is 6.33 Å². The molecular weight excluding hydrogens is 236 g/mol. The van der Waals surface area contributed by atoms with Crippen molar-refractivity contribution in [2.24, 2.45) is 0 Å². The van der Waals surface area contributed by atoms with Crippen molar-refractivity contribution in [1.29, 1.82) is 0 Å². The number of hydrogen-bond donors (Lipinski definition) is 2. The zero-order valence-corrected chi connectivity index (χ0v) is 11.6. The molecule has 2 aromatic rings. The summed E-state index contributed by atoms with van der Waals surface area (Å²) in [4.78, 5) is 8.27. The molecule has 4 nitrogen and oxygen atoms in total. The van der Waals surface area contributed by atoms with E-state index in [1.807, 2.05) is 13.1 Å². The van der Waals surface area contributed by atoms with E-state index in [1.165, 1.54) is 11.1 Å². The Morgan fingerprint density at radius 3 is 2.37 bits per heavy atom. The second kappa shape index (κ2) is 6.18. The molecular formula is C15H20N4. The Bertz CT molecular complexity index is 520. The lowest BCUT2D eigenvalue weighted by atomic mass is 10.0. The van der Waals surface area contributed by atoms with Gasteiger partial charge >= 0.3 is 0 Å². The van der Waals surface area contributed by atoms with Crippen LogP contribution in [0.4, 0.5) is 11.6 Å². The van der Waals surface area contributed by atoms with E-state index >= 15 is 0 Å². The summed E-state index contributed by atoms with van der Waals surface area (Å²) in [6.45, 7) is 5.17. The van der Waals surface area contributed by atoms with Crippen molar-refractivity contribution in [3.63, 3.8) is 0 Å². The zero-order valence-electron chi connectivity index (χ0n) is 11.6. The van der Waals surface area contributed by atoms with Crippen LogP contribution in [0, 0.1) is 0 Å². The average Bonchev–Trinajstić information content (AvgIpc) is 2.46. The third kappa shape index (κ3) is 3.68. The van der Waals surface area contributed by atoms with Crippen molar-refractivity contribution < 1.29 is 0 Å². The second-order valence-electron chi connectivity index (χ2n) is 4.79. The monoisotopic (exact) mass is 256 g/mol. The first kappa shape index (κ1) is 13.3. The van der Waals surface area contributed by atoms with Crippen molar-refractivity contribution in [2.45, 2.75) is 26.3 Å². The topological polar surface area (TPSA) is 49.8 Å². The average molecular weight is 256 g/mol. The fourth-order valence-electron chi connectivity index (χ4n) is 1.80. The Balaban J connectivity index is 1.98. The lowest BCUT2D eigenvalue weighted by Gasteiger charge is -2.09. The van der Waals surface area contributed by atoms with Crippen molar-refractivity contribution in [3.8, 4) is 0 Å². The molecule has 0 aliphatic heterocycles. The van der Waals surface area contributed by atoms with Gasteiger partial charge in [0.2, 0.25) is 0 Å². The summed E-state index contributed by atoms with van der Waals surface area (Å²) >= 11 is 0. The van der Waals surface area contributed by atoms with Crippen LogP contribution >= 0.6 is 0 Å². The highest BCUT2D eigenvalue weighted by Crippen LogP contribution is 2.15. The van der Waals surface area contributed by atoms with E-state index in [2.05, 4.69) is 58.7 Å². The molecule has 0 saturated heterocycles. The Hall–Kier alpha value is -2.10. The van der Waals surface area contributed by atoms with Crippen LogP contribution in [0.25, 0.3) is 0 Å². The van der Waals surface area contributed by atoms with Gasteiger partial charge in [0.25, 0.3) is 0 Å². The summed E-state index contributed by atoms with van der Waals surface area (Å²) in [6.07, 6.45) is 1.55. The molecule has 1 aromatic heterocycles. The van der Waals surface area contributed by atoms with Crippen LogP contribution in [-0.4, -0.2) is 17.0 Å². The predicted molar refractivity (Wildman–Crippen MR) is 79.4 cm³/mol. The Morgan fingerprint density at radius 2 is 1.74 bits per heavy atom. The van der Waals surface area contributed by atoms with Gasteiger partial charge in [0.1, 0.15) is 18.0 Å². The molecule has 0 radical (unpaired) electrons. The molecule has 100 valence electrons. The molecule has 0 aliphatic carbocycles. The van der Waals surface area contributed by atoms with Crippen LogP contribution in [0.5, 0.6) is 0 Å². The normalized spacial score (nSPS) is 10.5. The van der Waals surface area contributed by atoms with E-state index < -0.39 is 0 Å². The summed E-state index contributed by atoms with van der Waals surface area (Å²) < 4.78 is 0. The molecule has 1 heterocycles. The van der Waals surface area contributed by atoms with Gasteiger partial charge in [-0.15, -0.1) is 0 Å². The molecule has 19 heavy (non-hydrogen) atoms. The maximum Gasteiger partial charge on any atom is 0.131 e. The predicted octanol–water partition coefficient (Wildman–Crippen LogP) is 3.25. The van der Waals surface area contributed by atoms with Gasteiger partial charge in [-0.05, 0) is 17.0 Å². The number of rotatable bonds is 5. The van der Waals surface area contributed by atoms with Crippen LogP contribution in [-0.2, 0) is 6.54 Å². The number of nitrogens with one attached hydrogen (secondary N) is 2. The third-order valence-electron chi connectivity index (χ3n) is 3.04. The van der Waals surface area contributed by atoms with E-state index in [-0.39, 0.29) is 0 Å². The summed E-state index contributed by atoms with van der Waals surface area (Å²) in [5, 5.41) is 6.29. The fourth-order valence-corrected chi connectivity index (χ4v) is 1.80. The Morgan fingerprint density at radius 1 is 1.05 bits per heavy atom. The molecule has 0 aliphatic rings. The van der Waals surface area contributed by atoms with Crippen LogP contribution < -0.4 is 10.6 Å². The van der Waals surface area contributed by atoms with Crippen LogP contribution in [0.2, 0.25) is 0 Å². The van der Waals surface area contributed by atoms with Crippen LogP contribution in [0.15, 0.2) is 36.7 Å². The molecule has 0 unspecified atom stereocenters. The van der Waals surface area contributed by atoms with Crippen molar-refractivity contribution in [2.75, 3.05) is 17.7 Å². The molecule has 0 atom stereocenters. The lowest BCUT2D eigenvalue weighted by Crippen LogP contribution is -2.03. The lowest BCUT2D eigenvalue weighted by molar-refractivity contribution is 0.865. The summed E-state index contributed by atoms with van der Waals surface area (Å²) in [6, 6.07) is 10.6. The minimum Gasteiger partial charge on any atom is -0.373 e. The molecule has 0 saturated carbocycles. The molecule has 0 spiro atoms. The minimum atomic E-state index is 0.571. The van der Waals surface area contributed by atoms with E-state index in [9.17, 15) is 0 Å². The van der Waals surface area contributed by atoms with Gasteiger partial charge in [-0.25, -0.2) is 9.97 Å². The maximum atomic E-state index is 4.19. The number of anilines is 2. The quantitative estimate of drug-likeness (QED) is 0.862. The van der Waals surface area contributed by atoms with Gasteiger partial charge in [0, 0.05) is 19.7 Å². The first-order valence-corrected chi connectivity index (χ1v) is 6.51. The summed E-state index contributed by atoms with van der Waals surface area (Å²) in [5.74, 6) is 2.21.